The third-order valence-corrected chi connectivity index (χ3v) is 3.65. The number of methoxy groups -OCH3 is 1. The summed E-state index contributed by atoms with van der Waals surface area (Å²) >= 11 is 0. The molecule has 0 saturated carbocycles. The van der Waals surface area contributed by atoms with E-state index in [2.05, 4.69) is 5.32 Å². The first-order valence-corrected chi connectivity index (χ1v) is 6.72. The molecule has 2 nitrogen and oxygen atoms in total. The van der Waals surface area contributed by atoms with Crippen LogP contribution in [0, 0.1) is 11.6 Å². The van der Waals surface area contributed by atoms with Crippen LogP contribution in [0.1, 0.15) is 45.2 Å². The molecule has 0 amide bonds. The van der Waals surface area contributed by atoms with Crippen LogP contribution in [-0.4, -0.2) is 19.3 Å². The molecule has 0 fully saturated rings. The standard InChI is InChI=1S/C15H23F2NO/c1-5-9-18-14(15(3,6-2)19-4)12-10-11(16)7-8-13(12)17/h7-8,10,14,18H,5-6,9H2,1-4H3. The van der Waals surface area contributed by atoms with Crippen molar-refractivity contribution < 1.29 is 13.5 Å². The molecule has 2 unspecified atom stereocenters. The van der Waals surface area contributed by atoms with E-state index in [0.29, 0.717) is 12.0 Å². The molecule has 1 rings (SSSR count). The average molecular weight is 271 g/mol. The number of halogens is 2. The molecule has 19 heavy (non-hydrogen) atoms. The molecule has 0 aromatic heterocycles. The highest BCUT2D eigenvalue weighted by Gasteiger charge is 2.35. The average Bonchev–Trinajstić information content (AvgIpc) is 2.42. The van der Waals surface area contributed by atoms with Crippen molar-refractivity contribution in [2.24, 2.45) is 0 Å². The predicted octanol–water partition coefficient (Wildman–Crippen LogP) is 3.82. The summed E-state index contributed by atoms with van der Waals surface area (Å²) in [5, 5.41) is 3.26. The van der Waals surface area contributed by atoms with Gasteiger partial charge >= 0.3 is 0 Å². The lowest BCUT2D eigenvalue weighted by atomic mass is 9.87. The zero-order valence-electron chi connectivity index (χ0n) is 12.1. The van der Waals surface area contributed by atoms with Crippen LogP contribution < -0.4 is 5.32 Å². The zero-order valence-corrected chi connectivity index (χ0v) is 12.1. The number of ether oxygens (including phenoxy) is 1. The van der Waals surface area contributed by atoms with Crippen molar-refractivity contribution in [3.05, 3.63) is 35.4 Å². The molecule has 0 spiro atoms. The van der Waals surface area contributed by atoms with Gasteiger partial charge in [0, 0.05) is 12.7 Å². The van der Waals surface area contributed by atoms with Crippen LogP contribution in [0.5, 0.6) is 0 Å². The smallest absolute Gasteiger partial charge is 0.128 e. The molecule has 0 radical (unpaired) electrons. The second kappa shape index (κ2) is 6.96. The maximum Gasteiger partial charge on any atom is 0.128 e. The maximum atomic E-state index is 14.0. The van der Waals surface area contributed by atoms with Crippen molar-refractivity contribution in [1.82, 2.24) is 5.32 Å². The van der Waals surface area contributed by atoms with E-state index in [0.717, 1.165) is 25.1 Å². The summed E-state index contributed by atoms with van der Waals surface area (Å²) in [6.45, 7) is 6.63. The fourth-order valence-electron chi connectivity index (χ4n) is 2.15. The Morgan fingerprint density at radius 3 is 2.53 bits per heavy atom. The van der Waals surface area contributed by atoms with Crippen molar-refractivity contribution in [3.63, 3.8) is 0 Å². The highest BCUT2D eigenvalue weighted by Crippen LogP contribution is 2.33. The Hall–Kier alpha value is -1.00. The van der Waals surface area contributed by atoms with Gasteiger partial charge in [-0.2, -0.15) is 0 Å². The van der Waals surface area contributed by atoms with E-state index >= 15 is 0 Å². The minimum Gasteiger partial charge on any atom is -0.377 e. The fourth-order valence-corrected chi connectivity index (χ4v) is 2.15. The van der Waals surface area contributed by atoms with E-state index in [-0.39, 0.29) is 6.04 Å². The highest BCUT2D eigenvalue weighted by atomic mass is 19.1. The van der Waals surface area contributed by atoms with Crippen LogP contribution in [0.25, 0.3) is 0 Å². The molecular weight excluding hydrogens is 248 g/mol. The minimum absolute atomic E-state index is 0.319. The minimum atomic E-state index is -0.580. The Morgan fingerprint density at radius 2 is 2.00 bits per heavy atom. The number of hydrogen-bond donors (Lipinski definition) is 1. The lowest BCUT2D eigenvalue weighted by molar-refractivity contribution is -0.0308. The van der Waals surface area contributed by atoms with Gasteiger partial charge in [0.1, 0.15) is 11.6 Å². The van der Waals surface area contributed by atoms with E-state index in [1.54, 1.807) is 7.11 Å². The van der Waals surface area contributed by atoms with Gasteiger partial charge in [0.05, 0.1) is 11.6 Å². The molecule has 0 bridgehead atoms. The lowest BCUT2D eigenvalue weighted by Gasteiger charge is -2.37. The van der Waals surface area contributed by atoms with Gasteiger partial charge in [0.25, 0.3) is 0 Å². The van der Waals surface area contributed by atoms with Crippen LogP contribution >= 0.6 is 0 Å². The van der Waals surface area contributed by atoms with Crippen LogP contribution in [0.15, 0.2) is 18.2 Å². The maximum absolute atomic E-state index is 14.0. The molecule has 0 heterocycles. The third-order valence-electron chi connectivity index (χ3n) is 3.65. The Balaban J connectivity index is 3.18. The SMILES string of the molecule is CCCNC(c1cc(F)ccc1F)C(C)(CC)OC. The molecule has 0 aliphatic heterocycles. The Kier molecular flexibility index (Phi) is 5.88. The van der Waals surface area contributed by atoms with Crippen LogP contribution in [0.4, 0.5) is 8.78 Å². The fraction of sp³-hybridized carbons (Fsp3) is 0.600. The monoisotopic (exact) mass is 271 g/mol. The van der Waals surface area contributed by atoms with Gasteiger partial charge in [0.2, 0.25) is 0 Å². The molecular formula is C15H23F2NO. The molecule has 108 valence electrons. The summed E-state index contributed by atoms with van der Waals surface area (Å²) in [4.78, 5) is 0. The van der Waals surface area contributed by atoms with Crippen LogP contribution in [0.3, 0.4) is 0 Å². The normalized spacial score (nSPS) is 16.1. The predicted molar refractivity (Wildman–Crippen MR) is 73.1 cm³/mol. The van der Waals surface area contributed by atoms with E-state index < -0.39 is 17.2 Å². The van der Waals surface area contributed by atoms with E-state index in [1.165, 1.54) is 6.07 Å². The second-order valence-corrected chi connectivity index (χ2v) is 4.92. The van der Waals surface area contributed by atoms with Crippen molar-refractivity contribution in [1.29, 1.82) is 0 Å². The summed E-state index contributed by atoms with van der Waals surface area (Å²) in [5.41, 5.74) is -0.260. The summed E-state index contributed by atoms with van der Waals surface area (Å²) in [6.07, 6.45) is 1.61. The molecule has 0 saturated heterocycles. The van der Waals surface area contributed by atoms with Crippen molar-refractivity contribution in [2.75, 3.05) is 13.7 Å². The van der Waals surface area contributed by atoms with Crippen LogP contribution in [-0.2, 0) is 4.74 Å². The Bertz CT molecular complexity index is 405. The van der Waals surface area contributed by atoms with Crippen LogP contribution in [0.2, 0.25) is 0 Å². The lowest BCUT2D eigenvalue weighted by Crippen LogP contribution is -2.43. The Morgan fingerprint density at radius 1 is 1.32 bits per heavy atom. The molecule has 1 aromatic rings. The van der Waals surface area contributed by atoms with Crippen molar-refractivity contribution in [2.45, 2.75) is 45.3 Å². The third kappa shape index (κ3) is 3.74. The van der Waals surface area contributed by atoms with E-state index in [9.17, 15) is 8.78 Å². The Labute approximate surface area is 114 Å². The number of nitrogens with one attached hydrogen (secondary N) is 1. The highest BCUT2D eigenvalue weighted by molar-refractivity contribution is 5.25. The van der Waals surface area contributed by atoms with Gasteiger partial charge in [0.15, 0.2) is 0 Å². The van der Waals surface area contributed by atoms with E-state index in [4.69, 9.17) is 4.74 Å². The van der Waals surface area contributed by atoms with Gasteiger partial charge in [-0.3, -0.25) is 0 Å². The molecule has 2 atom stereocenters. The van der Waals surface area contributed by atoms with Gasteiger partial charge < -0.3 is 10.1 Å². The quantitative estimate of drug-likeness (QED) is 0.814. The van der Waals surface area contributed by atoms with Crippen molar-refractivity contribution in [3.8, 4) is 0 Å². The topological polar surface area (TPSA) is 21.3 Å². The summed E-state index contributed by atoms with van der Waals surface area (Å²) < 4.78 is 32.9. The first-order chi connectivity index (χ1) is 8.98. The first kappa shape index (κ1) is 16.1. The number of rotatable bonds is 7. The second-order valence-electron chi connectivity index (χ2n) is 4.92. The number of hydrogen-bond acceptors (Lipinski definition) is 2. The molecule has 0 aliphatic carbocycles. The van der Waals surface area contributed by atoms with Gasteiger partial charge in [-0.1, -0.05) is 13.8 Å². The van der Waals surface area contributed by atoms with Gasteiger partial charge in [-0.15, -0.1) is 0 Å². The molecule has 1 N–H and O–H groups in total. The molecule has 0 aliphatic rings. The summed E-state index contributed by atoms with van der Waals surface area (Å²) in [5.74, 6) is -0.846. The van der Waals surface area contributed by atoms with Gasteiger partial charge in [-0.05, 0) is 44.5 Å². The number of benzene rings is 1. The molecule has 4 heteroatoms. The zero-order chi connectivity index (χ0) is 14.5. The summed E-state index contributed by atoms with van der Waals surface area (Å²) in [7, 11) is 1.60. The largest absolute Gasteiger partial charge is 0.377 e. The molecule has 1 aromatic carbocycles. The van der Waals surface area contributed by atoms with Crippen molar-refractivity contribution >= 4 is 0 Å². The summed E-state index contributed by atoms with van der Waals surface area (Å²) in [6, 6.07) is 3.16. The first-order valence-electron chi connectivity index (χ1n) is 6.72. The van der Waals surface area contributed by atoms with E-state index in [1.807, 2.05) is 20.8 Å². The van der Waals surface area contributed by atoms with Gasteiger partial charge in [-0.25, -0.2) is 8.78 Å².